The summed E-state index contributed by atoms with van der Waals surface area (Å²) in [5, 5.41) is 10.7. The summed E-state index contributed by atoms with van der Waals surface area (Å²) in [5.41, 5.74) is 2.27. The van der Waals surface area contributed by atoms with Crippen LogP contribution < -0.4 is 21.3 Å². The Morgan fingerprint density at radius 1 is 0.867 bits per heavy atom. The second-order valence-electron chi connectivity index (χ2n) is 5.62. The van der Waals surface area contributed by atoms with E-state index in [1.165, 1.54) is 19.8 Å². The average molecular weight is 465 g/mol. The van der Waals surface area contributed by atoms with Gasteiger partial charge in [0.15, 0.2) is 10.2 Å². The topological polar surface area (TPSA) is 101 Å². The number of rotatable bonds is 5. The number of thioether (sulfide) groups is 1. The molecule has 4 N–H and O–H groups in total. The third kappa shape index (κ3) is 7.85. The molecule has 11 heteroatoms. The van der Waals surface area contributed by atoms with Crippen LogP contribution in [0.5, 0.6) is 0 Å². The maximum atomic E-state index is 11.4. The van der Waals surface area contributed by atoms with Crippen molar-refractivity contribution in [3.05, 3.63) is 54.1 Å². The van der Waals surface area contributed by atoms with Crippen molar-refractivity contribution >= 4 is 70.0 Å². The lowest BCUT2D eigenvalue weighted by Gasteiger charge is -2.16. The molecule has 0 saturated heterocycles. The molecule has 0 unspecified atom stereocenters. The number of benzene rings is 2. The molecule has 2 aromatic rings. The van der Waals surface area contributed by atoms with Crippen LogP contribution in [0.4, 0.5) is 21.0 Å². The summed E-state index contributed by atoms with van der Waals surface area (Å²) in [6.45, 7) is 0. The van der Waals surface area contributed by atoms with E-state index >= 15 is 0 Å². The first kappa shape index (κ1) is 23.4. The van der Waals surface area contributed by atoms with Crippen molar-refractivity contribution in [1.29, 1.82) is 0 Å². The van der Waals surface area contributed by atoms with Crippen molar-refractivity contribution in [2.24, 2.45) is 0 Å². The number of thiocarbonyl (C=S) groups is 2. The largest absolute Gasteiger partial charge is 0.453 e. The maximum absolute atomic E-state index is 11.4. The summed E-state index contributed by atoms with van der Waals surface area (Å²) in [7, 11) is 2.48. The Morgan fingerprint density at radius 3 is 2.00 bits per heavy atom. The highest BCUT2D eigenvalue weighted by Gasteiger charge is 2.11. The minimum Gasteiger partial charge on any atom is -0.453 e. The van der Waals surface area contributed by atoms with Crippen molar-refractivity contribution in [1.82, 2.24) is 10.6 Å². The molecule has 0 aliphatic heterocycles. The van der Waals surface area contributed by atoms with Crippen molar-refractivity contribution in [3.63, 3.8) is 0 Å². The standard InChI is InChI=1S/C19H20N4O4S3/c1-26-18(24)22-16(28)20-14-9-8-13(30-11-12-6-4-3-5-7-12)10-15(14)21-17(29)23-19(25)27-2/h3-10H,11H2,1-2H3,(H2,20,22,24,28)(H2,21,23,25,29). The third-order valence-electron chi connectivity index (χ3n) is 3.54. The van der Waals surface area contributed by atoms with E-state index in [4.69, 9.17) is 24.4 Å². The van der Waals surface area contributed by atoms with Crippen LogP contribution in [-0.4, -0.2) is 36.6 Å². The van der Waals surface area contributed by atoms with Gasteiger partial charge in [0.1, 0.15) is 0 Å². The van der Waals surface area contributed by atoms with Crippen LogP contribution in [0.1, 0.15) is 5.56 Å². The van der Waals surface area contributed by atoms with Crippen molar-refractivity contribution < 1.29 is 19.1 Å². The molecule has 2 rings (SSSR count). The van der Waals surface area contributed by atoms with Crippen LogP contribution in [0, 0.1) is 0 Å². The molecule has 8 nitrogen and oxygen atoms in total. The molecule has 0 atom stereocenters. The normalized spacial score (nSPS) is 9.80. The molecule has 2 amide bonds. The first-order valence-corrected chi connectivity index (χ1v) is 10.3. The molecule has 0 radical (unpaired) electrons. The molecule has 2 aromatic carbocycles. The Bertz CT molecular complexity index is 925. The van der Waals surface area contributed by atoms with Crippen LogP contribution >= 0.6 is 36.2 Å². The maximum Gasteiger partial charge on any atom is 0.413 e. The summed E-state index contributed by atoms with van der Waals surface area (Å²) in [4.78, 5) is 23.7. The number of hydrogen-bond donors (Lipinski definition) is 4. The van der Waals surface area contributed by atoms with Crippen LogP contribution in [0.15, 0.2) is 53.4 Å². The fourth-order valence-corrected chi connectivity index (χ4v) is 3.44. The summed E-state index contributed by atoms with van der Waals surface area (Å²) >= 11 is 11.9. The minimum atomic E-state index is -0.695. The van der Waals surface area contributed by atoms with Crippen molar-refractivity contribution in [3.8, 4) is 0 Å². The van der Waals surface area contributed by atoms with Gasteiger partial charge in [-0.15, -0.1) is 11.8 Å². The van der Waals surface area contributed by atoms with Crippen LogP contribution in [-0.2, 0) is 15.2 Å². The van der Waals surface area contributed by atoms with E-state index in [9.17, 15) is 9.59 Å². The highest BCUT2D eigenvalue weighted by atomic mass is 32.2. The van der Waals surface area contributed by atoms with E-state index in [1.807, 2.05) is 30.3 Å². The Kier molecular flexibility index (Phi) is 9.32. The first-order chi connectivity index (χ1) is 14.4. The van der Waals surface area contributed by atoms with E-state index in [1.54, 1.807) is 17.8 Å². The molecule has 158 valence electrons. The number of carbonyl (C=O) groups excluding carboxylic acids is 2. The molecule has 0 aliphatic rings. The second kappa shape index (κ2) is 12.0. The quantitative estimate of drug-likeness (QED) is 0.385. The predicted molar refractivity (Wildman–Crippen MR) is 126 cm³/mol. The number of methoxy groups -OCH3 is 2. The van der Waals surface area contributed by atoms with Crippen LogP contribution in [0.2, 0.25) is 0 Å². The zero-order valence-corrected chi connectivity index (χ0v) is 18.6. The van der Waals surface area contributed by atoms with E-state index in [-0.39, 0.29) is 10.2 Å². The Balaban J connectivity index is 2.17. The molecule has 0 bridgehead atoms. The number of ether oxygens (including phenoxy) is 2. The highest BCUT2D eigenvalue weighted by molar-refractivity contribution is 7.98. The van der Waals surface area contributed by atoms with Crippen LogP contribution in [0.3, 0.4) is 0 Å². The smallest absolute Gasteiger partial charge is 0.413 e. The van der Waals surface area contributed by atoms with E-state index in [0.29, 0.717) is 11.4 Å². The molecular weight excluding hydrogens is 444 g/mol. The van der Waals surface area contributed by atoms with Gasteiger partial charge in [-0.1, -0.05) is 30.3 Å². The molecule has 0 fully saturated rings. The second-order valence-corrected chi connectivity index (χ2v) is 7.49. The van der Waals surface area contributed by atoms with Crippen LogP contribution in [0.25, 0.3) is 0 Å². The monoisotopic (exact) mass is 464 g/mol. The van der Waals surface area contributed by atoms with Gasteiger partial charge in [-0.25, -0.2) is 9.59 Å². The van der Waals surface area contributed by atoms with Gasteiger partial charge in [-0.3, -0.25) is 10.6 Å². The molecule has 0 aromatic heterocycles. The SMILES string of the molecule is COC(=O)NC(=S)Nc1ccc(SCc2ccccc2)cc1NC(=S)NC(=O)OC. The summed E-state index contributed by atoms with van der Waals surface area (Å²) in [6.07, 6.45) is -1.39. The molecule has 30 heavy (non-hydrogen) atoms. The van der Waals surface area contributed by atoms with Crippen molar-refractivity contribution in [2.75, 3.05) is 24.9 Å². The van der Waals surface area contributed by atoms with E-state index in [0.717, 1.165) is 10.6 Å². The zero-order chi connectivity index (χ0) is 21.9. The number of alkyl carbamates (subject to hydrolysis) is 2. The number of nitrogens with one attached hydrogen (secondary N) is 4. The van der Waals surface area contributed by atoms with Gasteiger partial charge in [0.25, 0.3) is 0 Å². The minimum absolute atomic E-state index is 0.0430. The Labute approximate surface area is 189 Å². The van der Waals surface area contributed by atoms with Gasteiger partial charge in [0, 0.05) is 10.6 Å². The number of hydrogen-bond acceptors (Lipinski definition) is 7. The zero-order valence-electron chi connectivity index (χ0n) is 16.2. The van der Waals surface area contributed by atoms with E-state index in [2.05, 4.69) is 42.9 Å². The summed E-state index contributed by atoms with van der Waals surface area (Å²) < 4.78 is 9.07. The third-order valence-corrected chi connectivity index (χ3v) is 5.01. The number of anilines is 2. The Hall–Kier alpha value is -2.89. The number of carbonyl (C=O) groups is 2. The van der Waals surface area contributed by atoms with Gasteiger partial charge < -0.3 is 20.1 Å². The predicted octanol–water partition coefficient (Wildman–Crippen LogP) is 4.08. The first-order valence-electron chi connectivity index (χ1n) is 8.54. The fourth-order valence-electron chi connectivity index (χ4n) is 2.16. The van der Waals surface area contributed by atoms with Gasteiger partial charge in [0.05, 0.1) is 25.6 Å². The number of amides is 2. The van der Waals surface area contributed by atoms with Gasteiger partial charge in [-0.05, 0) is 48.2 Å². The molecular formula is C19H20N4O4S3. The lowest BCUT2D eigenvalue weighted by atomic mass is 10.2. The van der Waals surface area contributed by atoms with E-state index < -0.39 is 12.2 Å². The summed E-state index contributed by atoms with van der Waals surface area (Å²) in [6, 6.07) is 15.6. The lowest BCUT2D eigenvalue weighted by molar-refractivity contribution is 0.176. The molecule has 0 heterocycles. The molecule has 0 spiro atoms. The highest BCUT2D eigenvalue weighted by Crippen LogP contribution is 2.30. The molecule has 0 saturated carbocycles. The van der Waals surface area contributed by atoms with Gasteiger partial charge in [0.2, 0.25) is 0 Å². The van der Waals surface area contributed by atoms with Gasteiger partial charge in [-0.2, -0.15) is 0 Å². The average Bonchev–Trinajstić information content (AvgIpc) is 2.74. The summed E-state index contributed by atoms with van der Waals surface area (Å²) in [5.74, 6) is 0.778. The Morgan fingerprint density at radius 2 is 1.43 bits per heavy atom. The molecule has 0 aliphatic carbocycles. The van der Waals surface area contributed by atoms with Crippen molar-refractivity contribution in [2.45, 2.75) is 10.6 Å². The van der Waals surface area contributed by atoms with Gasteiger partial charge >= 0.3 is 12.2 Å². The lowest BCUT2D eigenvalue weighted by Crippen LogP contribution is -2.35. The fraction of sp³-hybridized carbons (Fsp3) is 0.158.